The molecule has 98 valence electrons. The maximum absolute atomic E-state index is 12.3. The Morgan fingerprint density at radius 2 is 1.72 bits per heavy atom. The highest BCUT2D eigenvalue weighted by atomic mass is 16.2. The lowest BCUT2D eigenvalue weighted by Gasteiger charge is -2.27. The molecule has 3 heteroatoms. The summed E-state index contributed by atoms with van der Waals surface area (Å²) in [5.41, 5.74) is 1.18. The number of urea groups is 1. The van der Waals surface area contributed by atoms with Crippen LogP contribution in [0.5, 0.6) is 0 Å². The van der Waals surface area contributed by atoms with Crippen molar-refractivity contribution in [1.29, 1.82) is 0 Å². The van der Waals surface area contributed by atoms with Gasteiger partial charge < -0.3 is 9.80 Å². The highest BCUT2D eigenvalue weighted by Gasteiger charge is 2.18. The number of hydrogen-bond acceptors (Lipinski definition) is 1. The first-order chi connectivity index (χ1) is 8.77. The summed E-state index contributed by atoms with van der Waals surface area (Å²) < 4.78 is 0. The first kappa shape index (κ1) is 12.9. The molecule has 1 fully saturated rings. The molecule has 2 rings (SSSR count). The molecule has 0 aromatic heterocycles. The van der Waals surface area contributed by atoms with Crippen molar-refractivity contribution in [2.75, 3.05) is 20.1 Å². The lowest BCUT2D eigenvalue weighted by Crippen LogP contribution is -2.41. The molecule has 0 spiro atoms. The Bertz CT molecular complexity index is 369. The molecule has 1 aliphatic rings. The minimum Gasteiger partial charge on any atom is -0.325 e. The Hall–Kier alpha value is -1.51. The fourth-order valence-corrected chi connectivity index (χ4v) is 2.43. The Labute approximate surface area is 109 Å². The summed E-state index contributed by atoms with van der Waals surface area (Å²) in [5, 5.41) is 0. The maximum atomic E-state index is 12.3. The van der Waals surface area contributed by atoms with Crippen molar-refractivity contribution >= 4 is 6.03 Å². The van der Waals surface area contributed by atoms with E-state index in [1.165, 1.54) is 18.4 Å². The van der Waals surface area contributed by atoms with E-state index in [0.717, 1.165) is 25.9 Å². The SMILES string of the molecule is CN(Cc1ccccc1)C(=O)N1CCCCCC1. The highest BCUT2D eigenvalue weighted by Crippen LogP contribution is 2.12. The summed E-state index contributed by atoms with van der Waals surface area (Å²) in [7, 11) is 1.89. The van der Waals surface area contributed by atoms with E-state index >= 15 is 0 Å². The van der Waals surface area contributed by atoms with E-state index in [9.17, 15) is 4.79 Å². The molecular formula is C15H22N2O. The number of rotatable bonds is 2. The molecule has 1 aromatic rings. The standard InChI is InChI=1S/C15H22N2O/c1-16(13-14-9-5-4-6-10-14)15(18)17-11-7-2-3-8-12-17/h4-6,9-10H,2-3,7-8,11-13H2,1H3. The van der Waals surface area contributed by atoms with Gasteiger partial charge in [-0.1, -0.05) is 43.2 Å². The lowest BCUT2D eigenvalue weighted by molar-refractivity contribution is 0.162. The van der Waals surface area contributed by atoms with E-state index in [1.807, 2.05) is 35.0 Å². The van der Waals surface area contributed by atoms with Gasteiger partial charge in [0.25, 0.3) is 0 Å². The van der Waals surface area contributed by atoms with Crippen LogP contribution in [0.15, 0.2) is 30.3 Å². The van der Waals surface area contributed by atoms with E-state index in [-0.39, 0.29) is 6.03 Å². The summed E-state index contributed by atoms with van der Waals surface area (Å²) in [4.78, 5) is 16.1. The monoisotopic (exact) mass is 246 g/mol. The number of likely N-dealkylation sites (tertiary alicyclic amines) is 1. The summed E-state index contributed by atoms with van der Waals surface area (Å²) >= 11 is 0. The fraction of sp³-hybridized carbons (Fsp3) is 0.533. The van der Waals surface area contributed by atoms with Gasteiger partial charge in [-0.25, -0.2) is 4.79 Å². The molecule has 1 saturated heterocycles. The van der Waals surface area contributed by atoms with E-state index in [0.29, 0.717) is 6.54 Å². The van der Waals surface area contributed by atoms with Crippen molar-refractivity contribution < 1.29 is 4.79 Å². The third-order valence-corrected chi connectivity index (χ3v) is 3.47. The minimum atomic E-state index is 0.167. The third kappa shape index (κ3) is 3.49. The van der Waals surface area contributed by atoms with Gasteiger partial charge in [0, 0.05) is 26.7 Å². The molecule has 0 radical (unpaired) electrons. The average molecular weight is 246 g/mol. The molecule has 0 aliphatic carbocycles. The zero-order valence-corrected chi connectivity index (χ0v) is 11.1. The van der Waals surface area contributed by atoms with Gasteiger partial charge in [-0.2, -0.15) is 0 Å². The van der Waals surface area contributed by atoms with Crippen molar-refractivity contribution in [1.82, 2.24) is 9.80 Å². The van der Waals surface area contributed by atoms with Crippen molar-refractivity contribution in [3.8, 4) is 0 Å². The molecular weight excluding hydrogens is 224 g/mol. The van der Waals surface area contributed by atoms with Crippen molar-refractivity contribution in [2.24, 2.45) is 0 Å². The second-order valence-corrected chi connectivity index (χ2v) is 5.03. The molecule has 3 nitrogen and oxygen atoms in total. The molecule has 0 atom stereocenters. The van der Waals surface area contributed by atoms with E-state index in [2.05, 4.69) is 12.1 Å². The first-order valence-corrected chi connectivity index (χ1v) is 6.81. The van der Waals surface area contributed by atoms with Crippen LogP contribution in [0.1, 0.15) is 31.2 Å². The Morgan fingerprint density at radius 1 is 1.11 bits per heavy atom. The smallest absolute Gasteiger partial charge is 0.320 e. The van der Waals surface area contributed by atoms with Gasteiger partial charge in [-0.05, 0) is 18.4 Å². The van der Waals surface area contributed by atoms with Gasteiger partial charge >= 0.3 is 6.03 Å². The highest BCUT2D eigenvalue weighted by molar-refractivity contribution is 5.74. The number of carbonyl (C=O) groups excluding carboxylic acids is 1. The first-order valence-electron chi connectivity index (χ1n) is 6.81. The van der Waals surface area contributed by atoms with Crippen LogP contribution in [0.3, 0.4) is 0 Å². The normalized spacial score (nSPS) is 16.2. The Balaban J connectivity index is 1.91. The summed E-state index contributed by atoms with van der Waals surface area (Å²) in [6, 6.07) is 10.3. The van der Waals surface area contributed by atoms with Crippen LogP contribution in [0.4, 0.5) is 4.79 Å². The number of amides is 2. The molecule has 2 amide bonds. The molecule has 0 bridgehead atoms. The quantitative estimate of drug-likeness (QED) is 0.786. The molecule has 1 heterocycles. The van der Waals surface area contributed by atoms with Gasteiger partial charge in [0.2, 0.25) is 0 Å². The van der Waals surface area contributed by atoms with Crippen LogP contribution in [0.2, 0.25) is 0 Å². The Kier molecular flexibility index (Phi) is 4.62. The van der Waals surface area contributed by atoms with Crippen molar-refractivity contribution in [2.45, 2.75) is 32.2 Å². The van der Waals surface area contributed by atoms with E-state index in [1.54, 1.807) is 0 Å². The maximum Gasteiger partial charge on any atom is 0.320 e. The zero-order valence-electron chi connectivity index (χ0n) is 11.1. The Morgan fingerprint density at radius 3 is 2.33 bits per heavy atom. The molecule has 0 saturated carbocycles. The predicted molar refractivity (Wildman–Crippen MR) is 73.3 cm³/mol. The molecule has 1 aliphatic heterocycles. The third-order valence-electron chi connectivity index (χ3n) is 3.47. The number of hydrogen-bond donors (Lipinski definition) is 0. The van der Waals surface area contributed by atoms with Crippen molar-refractivity contribution in [3.63, 3.8) is 0 Å². The van der Waals surface area contributed by atoms with Gasteiger partial charge in [0.05, 0.1) is 0 Å². The van der Waals surface area contributed by atoms with Crippen LogP contribution in [-0.4, -0.2) is 36.0 Å². The van der Waals surface area contributed by atoms with Crippen LogP contribution in [0, 0.1) is 0 Å². The van der Waals surface area contributed by atoms with E-state index in [4.69, 9.17) is 0 Å². The molecule has 18 heavy (non-hydrogen) atoms. The van der Waals surface area contributed by atoms with E-state index < -0.39 is 0 Å². The summed E-state index contributed by atoms with van der Waals surface area (Å²) in [5.74, 6) is 0. The second kappa shape index (κ2) is 6.43. The predicted octanol–water partition coefficient (Wildman–Crippen LogP) is 3.11. The minimum absolute atomic E-state index is 0.167. The summed E-state index contributed by atoms with van der Waals surface area (Å²) in [6.45, 7) is 2.52. The number of benzene rings is 1. The summed E-state index contributed by atoms with van der Waals surface area (Å²) in [6.07, 6.45) is 4.80. The largest absolute Gasteiger partial charge is 0.325 e. The fourth-order valence-electron chi connectivity index (χ4n) is 2.43. The molecule has 0 unspecified atom stereocenters. The average Bonchev–Trinajstić information content (AvgIpc) is 2.68. The zero-order chi connectivity index (χ0) is 12.8. The topological polar surface area (TPSA) is 23.6 Å². The van der Waals surface area contributed by atoms with Gasteiger partial charge in [-0.15, -0.1) is 0 Å². The van der Waals surface area contributed by atoms with Gasteiger partial charge in [0.15, 0.2) is 0 Å². The van der Waals surface area contributed by atoms with Crippen LogP contribution >= 0.6 is 0 Å². The molecule has 0 N–H and O–H groups in total. The second-order valence-electron chi connectivity index (χ2n) is 5.03. The van der Waals surface area contributed by atoms with Crippen molar-refractivity contribution in [3.05, 3.63) is 35.9 Å². The lowest BCUT2D eigenvalue weighted by atomic mass is 10.2. The van der Waals surface area contributed by atoms with Crippen LogP contribution in [0.25, 0.3) is 0 Å². The van der Waals surface area contributed by atoms with Crippen LogP contribution in [-0.2, 0) is 6.54 Å². The molecule has 1 aromatic carbocycles. The number of carbonyl (C=O) groups is 1. The van der Waals surface area contributed by atoms with Gasteiger partial charge in [-0.3, -0.25) is 0 Å². The number of nitrogens with zero attached hydrogens (tertiary/aromatic N) is 2. The van der Waals surface area contributed by atoms with Crippen LogP contribution < -0.4 is 0 Å². The van der Waals surface area contributed by atoms with Gasteiger partial charge in [0.1, 0.15) is 0 Å².